The summed E-state index contributed by atoms with van der Waals surface area (Å²) >= 11 is 1.43. The second-order valence-electron chi connectivity index (χ2n) is 5.44. The Kier molecular flexibility index (Phi) is 2.95. The molecule has 0 fully saturated rings. The second kappa shape index (κ2) is 4.88. The minimum atomic E-state index is -0.145. The molecular weight excluding hydrogens is 312 g/mol. The molecule has 116 valence electrons. The molecule has 4 rings (SSSR count). The van der Waals surface area contributed by atoms with Gasteiger partial charge in [-0.15, -0.1) is 11.3 Å². The third kappa shape index (κ3) is 2.18. The summed E-state index contributed by atoms with van der Waals surface area (Å²) in [5.41, 5.74) is 3.14. The van der Waals surface area contributed by atoms with Crippen molar-refractivity contribution in [2.45, 2.75) is 13.8 Å². The highest BCUT2D eigenvalue weighted by Gasteiger charge is 2.15. The summed E-state index contributed by atoms with van der Waals surface area (Å²) in [6.45, 7) is 3.86. The molecule has 7 nitrogen and oxygen atoms in total. The van der Waals surface area contributed by atoms with Gasteiger partial charge in [0.2, 0.25) is 0 Å². The number of hydrogen-bond donors (Lipinski definition) is 2. The van der Waals surface area contributed by atoms with Crippen LogP contribution in [-0.4, -0.2) is 30.9 Å². The highest BCUT2D eigenvalue weighted by Crippen LogP contribution is 2.28. The quantitative estimate of drug-likeness (QED) is 0.593. The first-order valence-corrected chi connectivity index (χ1v) is 7.90. The number of carbonyl (C=O) groups excluding carboxylic acids is 1. The zero-order valence-corrected chi connectivity index (χ0v) is 13.7. The van der Waals surface area contributed by atoms with Gasteiger partial charge in [0, 0.05) is 23.5 Å². The molecule has 4 aromatic rings. The lowest BCUT2D eigenvalue weighted by molar-refractivity contribution is 0.103. The summed E-state index contributed by atoms with van der Waals surface area (Å²) < 4.78 is 1.80. The predicted molar refractivity (Wildman–Crippen MR) is 89.9 cm³/mol. The molecule has 8 heteroatoms. The number of rotatable bonds is 2. The van der Waals surface area contributed by atoms with Gasteiger partial charge in [-0.3, -0.25) is 14.6 Å². The summed E-state index contributed by atoms with van der Waals surface area (Å²) in [7, 11) is 1.88. The molecule has 0 saturated carbocycles. The molecule has 0 unspecified atom stereocenters. The molecule has 0 aliphatic carbocycles. The van der Waals surface area contributed by atoms with Crippen LogP contribution in [0.25, 0.3) is 21.3 Å². The lowest BCUT2D eigenvalue weighted by Gasteiger charge is -2.03. The van der Waals surface area contributed by atoms with Gasteiger partial charge in [-0.1, -0.05) is 0 Å². The van der Waals surface area contributed by atoms with Crippen LogP contribution in [0.1, 0.15) is 21.1 Å². The minimum Gasteiger partial charge on any atom is -0.320 e. The van der Waals surface area contributed by atoms with E-state index in [-0.39, 0.29) is 5.91 Å². The van der Waals surface area contributed by atoms with E-state index in [4.69, 9.17) is 0 Å². The zero-order valence-electron chi connectivity index (χ0n) is 12.8. The van der Waals surface area contributed by atoms with Crippen LogP contribution in [0.2, 0.25) is 0 Å². The minimum absolute atomic E-state index is 0.145. The molecule has 4 heterocycles. The molecule has 0 aliphatic heterocycles. The molecule has 0 atom stereocenters. The number of aryl methyl sites for hydroxylation is 3. The fourth-order valence-corrected chi connectivity index (χ4v) is 3.62. The Morgan fingerprint density at radius 3 is 2.91 bits per heavy atom. The van der Waals surface area contributed by atoms with Crippen molar-refractivity contribution in [1.29, 1.82) is 0 Å². The molecule has 0 saturated heterocycles. The number of anilines is 1. The largest absolute Gasteiger partial charge is 0.320 e. The lowest BCUT2D eigenvalue weighted by atomic mass is 10.2. The van der Waals surface area contributed by atoms with Crippen molar-refractivity contribution in [1.82, 2.24) is 25.0 Å². The van der Waals surface area contributed by atoms with Crippen LogP contribution in [-0.2, 0) is 7.05 Å². The van der Waals surface area contributed by atoms with Gasteiger partial charge < -0.3 is 5.32 Å². The number of carbonyl (C=O) groups is 1. The maximum Gasteiger partial charge on any atom is 0.265 e. The maximum absolute atomic E-state index is 12.5. The monoisotopic (exact) mass is 326 g/mol. The SMILES string of the molecule is Cc1[nH]nc2ncc(NC(=O)c3cc4c(C)nn(C)c4s3)cc12. The predicted octanol–water partition coefficient (Wildman–Crippen LogP) is 2.78. The van der Waals surface area contributed by atoms with Crippen molar-refractivity contribution < 1.29 is 4.79 Å². The Balaban J connectivity index is 1.67. The summed E-state index contributed by atoms with van der Waals surface area (Å²) in [5.74, 6) is -0.145. The van der Waals surface area contributed by atoms with Gasteiger partial charge in [-0.05, 0) is 26.0 Å². The van der Waals surface area contributed by atoms with Crippen molar-refractivity contribution in [3.8, 4) is 0 Å². The number of pyridine rings is 1. The van der Waals surface area contributed by atoms with Crippen LogP contribution in [0.3, 0.4) is 0 Å². The van der Waals surface area contributed by atoms with Crippen LogP contribution in [0.15, 0.2) is 18.3 Å². The number of thiophene rings is 1. The third-order valence-corrected chi connectivity index (χ3v) is 4.98. The van der Waals surface area contributed by atoms with E-state index in [1.807, 2.05) is 33.0 Å². The van der Waals surface area contributed by atoms with Crippen LogP contribution >= 0.6 is 11.3 Å². The first kappa shape index (κ1) is 13.9. The van der Waals surface area contributed by atoms with Gasteiger partial charge in [-0.2, -0.15) is 10.2 Å². The molecular formula is C15H14N6OS. The summed E-state index contributed by atoms with van der Waals surface area (Å²) in [4.78, 5) is 18.4. The number of aromatic amines is 1. The third-order valence-electron chi connectivity index (χ3n) is 3.78. The highest BCUT2D eigenvalue weighted by molar-refractivity contribution is 7.20. The molecule has 0 radical (unpaired) electrons. The van der Waals surface area contributed by atoms with Crippen LogP contribution in [0.4, 0.5) is 5.69 Å². The van der Waals surface area contributed by atoms with Gasteiger partial charge in [-0.25, -0.2) is 4.98 Å². The zero-order chi connectivity index (χ0) is 16.1. The lowest BCUT2D eigenvalue weighted by Crippen LogP contribution is -2.10. The Labute approximate surface area is 135 Å². The van der Waals surface area contributed by atoms with E-state index >= 15 is 0 Å². The topological polar surface area (TPSA) is 88.5 Å². The first-order chi connectivity index (χ1) is 11.0. The van der Waals surface area contributed by atoms with E-state index in [1.165, 1.54) is 11.3 Å². The molecule has 1 amide bonds. The van der Waals surface area contributed by atoms with E-state index in [0.717, 1.165) is 27.0 Å². The highest BCUT2D eigenvalue weighted by atomic mass is 32.1. The maximum atomic E-state index is 12.5. The van der Waals surface area contributed by atoms with E-state index in [2.05, 4.69) is 25.6 Å². The number of amides is 1. The van der Waals surface area contributed by atoms with Crippen molar-refractivity contribution in [2.24, 2.45) is 7.05 Å². The van der Waals surface area contributed by atoms with Gasteiger partial charge in [0.15, 0.2) is 5.65 Å². The Bertz CT molecular complexity index is 1020. The molecule has 0 spiro atoms. The molecule has 0 bridgehead atoms. The molecule has 0 aromatic carbocycles. The van der Waals surface area contributed by atoms with Gasteiger partial charge in [0.25, 0.3) is 5.91 Å². The van der Waals surface area contributed by atoms with Gasteiger partial charge in [0.05, 0.1) is 22.5 Å². The summed E-state index contributed by atoms with van der Waals surface area (Å²) in [6, 6.07) is 3.76. The van der Waals surface area contributed by atoms with E-state index < -0.39 is 0 Å². The fourth-order valence-electron chi connectivity index (χ4n) is 2.60. The standard InChI is InChI=1S/C15H14N6OS/c1-7-10-4-9(6-16-13(10)19-18-7)17-14(22)12-5-11-8(2)20-21(3)15(11)23-12/h4-6H,1-3H3,(H,17,22)(H,16,18,19). The molecule has 2 N–H and O–H groups in total. The van der Waals surface area contributed by atoms with Gasteiger partial charge in [0.1, 0.15) is 4.83 Å². The number of fused-ring (bicyclic) bond motifs is 2. The van der Waals surface area contributed by atoms with Crippen LogP contribution in [0, 0.1) is 13.8 Å². The van der Waals surface area contributed by atoms with Crippen molar-refractivity contribution in [3.05, 3.63) is 34.6 Å². The van der Waals surface area contributed by atoms with Crippen molar-refractivity contribution in [3.63, 3.8) is 0 Å². The van der Waals surface area contributed by atoms with E-state index in [1.54, 1.807) is 10.9 Å². The molecule has 0 aliphatic rings. The normalized spacial score (nSPS) is 11.4. The van der Waals surface area contributed by atoms with E-state index in [9.17, 15) is 4.79 Å². The van der Waals surface area contributed by atoms with Crippen molar-refractivity contribution in [2.75, 3.05) is 5.32 Å². The number of nitrogens with zero attached hydrogens (tertiary/aromatic N) is 4. The number of hydrogen-bond acceptors (Lipinski definition) is 5. The molecule has 23 heavy (non-hydrogen) atoms. The fraction of sp³-hybridized carbons (Fsp3) is 0.200. The smallest absolute Gasteiger partial charge is 0.265 e. The number of nitrogens with one attached hydrogen (secondary N) is 2. The molecule has 4 aromatic heterocycles. The van der Waals surface area contributed by atoms with Crippen LogP contribution < -0.4 is 5.32 Å². The number of H-pyrrole nitrogens is 1. The van der Waals surface area contributed by atoms with Crippen LogP contribution in [0.5, 0.6) is 0 Å². The summed E-state index contributed by atoms with van der Waals surface area (Å²) in [6.07, 6.45) is 1.61. The number of aromatic nitrogens is 5. The summed E-state index contributed by atoms with van der Waals surface area (Å²) in [5, 5.41) is 16.1. The van der Waals surface area contributed by atoms with E-state index in [0.29, 0.717) is 16.2 Å². The first-order valence-electron chi connectivity index (χ1n) is 7.08. The Morgan fingerprint density at radius 1 is 1.30 bits per heavy atom. The second-order valence-corrected chi connectivity index (χ2v) is 6.47. The van der Waals surface area contributed by atoms with Gasteiger partial charge >= 0.3 is 0 Å². The Morgan fingerprint density at radius 2 is 2.13 bits per heavy atom. The average molecular weight is 326 g/mol. The average Bonchev–Trinajstić information content (AvgIpc) is 3.18. The van der Waals surface area contributed by atoms with Crippen molar-refractivity contribution >= 4 is 44.2 Å². The Hall–Kier alpha value is -2.74.